The molecule has 1 aromatic heterocycles. The number of ether oxygens (including phenoxy) is 1. The van der Waals surface area contributed by atoms with Gasteiger partial charge in [0.2, 0.25) is 5.91 Å². The number of carbonyl (C=O) groups is 3. The first-order chi connectivity index (χ1) is 21.9. The monoisotopic (exact) mass is 624 g/mol. The number of amides is 3. The van der Waals surface area contributed by atoms with Gasteiger partial charge in [0, 0.05) is 42.3 Å². The van der Waals surface area contributed by atoms with E-state index in [1.54, 1.807) is 48.7 Å². The van der Waals surface area contributed by atoms with Crippen LogP contribution in [0.3, 0.4) is 0 Å². The van der Waals surface area contributed by atoms with Crippen molar-refractivity contribution >= 4 is 23.4 Å². The minimum Gasteiger partial charge on any atom is -0.492 e. The lowest BCUT2D eigenvalue weighted by molar-refractivity contribution is -0.118. The van der Waals surface area contributed by atoms with E-state index in [0.717, 1.165) is 17.7 Å². The predicted octanol–water partition coefficient (Wildman–Crippen LogP) is 4.98. The van der Waals surface area contributed by atoms with Crippen LogP contribution in [0, 0.1) is 5.41 Å². The van der Waals surface area contributed by atoms with Crippen LogP contribution in [0.4, 0.5) is 5.69 Å². The van der Waals surface area contributed by atoms with Gasteiger partial charge in [-0.1, -0.05) is 45.0 Å². The minimum absolute atomic E-state index is 0.222. The molecule has 0 spiro atoms. The molecule has 4 rings (SSSR count). The van der Waals surface area contributed by atoms with E-state index in [1.165, 1.54) is 0 Å². The SMILES string of the molecule is CN(C)CCOc1ccc(C(=O)NCc2cccc(C(=O)N[C@@H](CC(C)(C)C)C(=O)Nc3cccc(Cn4cccn4)c3)c2)cc1. The van der Waals surface area contributed by atoms with Crippen molar-refractivity contribution in [3.8, 4) is 5.75 Å². The van der Waals surface area contributed by atoms with Gasteiger partial charge in [-0.15, -0.1) is 0 Å². The Morgan fingerprint density at radius 3 is 2.33 bits per heavy atom. The molecule has 10 heteroatoms. The Balaban J connectivity index is 1.36. The van der Waals surface area contributed by atoms with Crippen LogP contribution in [0.2, 0.25) is 0 Å². The summed E-state index contributed by atoms with van der Waals surface area (Å²) in [6.45, 7) is 8.26. The van der Waals surface area contributed by atoms with Crippen molar-refractivity contribution < 1.29 is 19.1 Å². The van der Waals surface area contributed by atoms with Crippen molar-refractivity contribution in [1.29, 1.82) is 0 Å². The molecule has 1 atom stereocenters. The van der Waals surface area contributed by atoms with Gasteiger partial charge in [-0.05, 0) is 91.7 Å². The lowest BCUT2D eigenvalue weighted by Gasteiger charge is -2.26. The summed E-state index contributed by atoms with van der Waals surface area (Å²) in [7, 11) is 3.96. The highest BCUT2D eigenvalue weighted by molar-refractivity contribution is 6.01. The molecule has 46 heavy (non-hydrogen) atoms. The molecular formula is C36H44N6O4. The number of benzene rings is 3. The lowest BCUT2D eigenvalue weighted by Crippen LogP contribution is -2.45. The smallest absolute Gasteiger partial charge is 0.251 e. The fourth-order valence-electron chi connectivity index (χ4n) is 4.78. The highest BCUT2D eigenvalue weighted by Gasteiger charge is 2.27. The van der Waals surface area contributed by atoms with E-state index in [1.807, 2.05) is 87.0 Å². The minimum atomic E-state index is -0.763. The maximum absolute atomic E-state index is 13.5. The van der Waals surface area contributed by atoms with Crippen molar-refractivity contribution in [2.24, 2.45) is 5.41 Å². The molecule has 0 aliphatic heterocycles. The fourth-order valence-corrected chi connectivity index (χ4v) is 4.78. The van der Waals surface area contributed by atoms with Gasteiger partial charge in [0.05, 0.1) is 6.54 Å². The zero-order valence-electron chi connectivity index (χ0n) is 27.2. The Labute approximate surface area is 271 Å². The lowest BCUT2D eigenvalue weighted by atomic mass is 9.87. The van der Waals surface area contributed by atoms with Crippen LogP contribution in [0.15, 0.2) is 91.3 Å². The molecule has 3 N–H and O–H groups in total. The Morgan fingerprint density at radius 2 is 1.63 bits per heavy atom. The van der Waals surface area contributed by atoms with Crippen molar-refractivity contribution in [1.82, 2.24) is 25.3 Å². The number of hydrogen-bond donors (Lipinski definition) is 3. The third-order valence-electron chi connectivity index (χ3n) is 7.10. The van der Waals surface area contributed by atoms with Crippen LogP contribution in [-0.2, 0) is 17.9 Å². The number of nitrogens with zero attached hydrogens (tertiary/aromatic N) is 3. The summed E-state index contributed by atoms with van der Waals surface area (Å²) < 4.78 is 7.51. The molecule has 0 unspecified atom stereocenters. The molecule has 3 amide bonds. The van der Waals surface area contributed by atoms with E-state index in [-0.39, 0.29) is 29.7 Å². The first-order valence-corrected chi connectivity index (χ1v) is 15.4. The van der Waals surface area contributed by atoms with E-state index < -0.39 is 6.04 Å². The van der Waals surface area contributed by atoms with Crippen molar-refractivity contribution in [2.75, 3.05) is 32.6 Å². The van der Waals surface area contributed by atoms with Crippen molar-refractivity contribution in [3.63, 3.8) is 0 Å². The molecule has 0 aliphatic rings. The molecule has 1 heterocycles. The summed E-state index contributed by atoms with van der Waals surface area (Å²) in [4.78, 5) is 41.7. The molecular weight excluding hydrogens is 580 g/mol. The molecule has 4 aromatic rings. The highest BCUT2D eigenvalue weighted by atomic mass is 16.5. The summed E-state index contributed by atoms with van der Waals surface area (Å²) >= 11 is 0. The number of rotatable bonds is 14. The third kappa shape index (κ3) is 10.9. The quantitative estimate of drug-likeness (QED) is 0.182. The van der Waals surface area contributed by atoms with Gasteiger partial charge in [-0.25, -0.2) is 0 Å². The maximum Gasteiger partial charge on any atom is 0.251 e. The van der Waals surface area contributed by atoms with Crippen LogP contribution in [0.25, 0.3) is 0 Å². The molecule has 0 radical (unpaired) electrons. The summed E-state index contributed by atoms with van der Waals surface area (Å²) in [5.41, 5.74) is 3.08. The normalized spacial score (nSPS) is 12.0. The zero-order valence-corrected chi connectivity index (χ0v) is 27.2. The second kappa shape index (κ2) is 15.9. The molecule has 0 saturated heterocycles. The van der Waals surface area contributed by atoms with Crippen LogP contribution in [0.5, 0.6) is 5.75 Å². The second-order valence-corrected chi connectivity index (χ2v) is 12.7. The van der Waals surface area contributed by atoms with Gasteiger partial charge in [0.1, 0.15) is 18.4 Å². The van der Waals surface area contributed by atoms with E-state index in [0.29, 0.717) is 42.1 Å². The predicted molar refractivity (Wildman–Crippen MR) is 180 cm³/mol. The molecule has 242 valence electrons. The van der Waals surface area contributed by atoms with Gasteiger partial charge >= 0.3 is 0 Å². The van der Waals surface area contributed by atoms with Gasteiger partial charge in [0.25, 0.3) is 11.8 Å². The molecule has 0 saturated carbocycles. The van der Waals surface area contributed by atoms with Crippen LogP contribution in [0.1, 0.15) is 59.0 Å². The number of aromatic nitrogens is 2. The average molecular weight is 625 g/mol. The topological polar surface area (TPSA) is 118 Å². The van der Waals surface area contributed by atoms with Gasteiger partial charge in [-0.3, -0.25) is 19.1 Å². The largest absolute Gasteiger partial charge is 0.492 e. The van der Waals surface area contributed by atoms with E-state index in [9.17, 15) is 14.4 Å². The van der Waals surface area contributed by atoms with E-state index >= 15 is 0 Å². The van der Waals surface area contributed by atoms with Gasteiger partial charge < -0.3 is 25.6 Å². The fraction of sp³-hybridized carbons (Fsp3) is 0.333. The molecule has 0 fully saturated rings. The number of carbonyl (C=O) groups excluding carboxylic acids is 3. The van der Waals surface area contributed by atoms with Crippen molar-refractivity contribution in [2.45, 2.75) is 46.3 Å². The van der Waals surface area contributed by atoms with Crippen LogP contribution in [-0.4, -0.2) is 65.7 Å². The standard InChI is InChI=1S/C36H44N6O4/c1-36(2,3)23-32(35(45)39-30-12-7-10-27(22-30)25-42-18-8-17-38-42)40-34(44)29-11-6-9-26(21-29)24-37-33(43)28-13-15-31(16-14-28)46-20-19-41(4)5/h6-18,21-22,32H,19-20,23-25H2,1-5H3,(H,37,43)(H,39,45)(H,40,44)/t32-/m0/s1. The van der Waals surface area contributed by atoms with E-state index in [2.05, 4.69) is 21.0 Å². The summed E-state index contributed by atoms with van der Waals surface area (Å²) in [6.07, 6.45) is 4.04. The molecule has 3 aromatic carbocycles. The Bertz CT molecular complexity index is 1590. The summed E-state index contributed by atoms with van der Waals surface area (Å²) in [5.74, 6) is -0.188. The van der Waals surface area contributed by atoms with E-state index in [4.69, 9.17) is 4.74 Å². The summed E-state index contributed by atoms with van der Waals surface area (Å²) in [5, 5.41) is 13.1. The number of anilines is 1. The number of likely N-dealkylation sites (N-methyl/N-ethyl adjacent to an activating group) is 1. The molecule has 0 aliphatic carbocycles. The first-order valence-electron chi connectivity index (χ1n) is 15.4. The van der Waals surface area contributed by atoms with Gasteiger partial charge in [-0.2, -0.15) is 5.10 Å². The number of nitrogens with one attached hydrogen (secondary N) is 3. The highest BCUT2D eigenvalue weighted by Crippen LogP contribution is 2.23. The van der Waals surface area contributed by atoms with Gasteiger partial charge in [0.15, 0.2) is 0 Å². The summed E-state index contributed by atoms with van der Waals surface area (Å²) in [6, 6.07) is 22.7. The Hall–Kier alpha value is -4.96. The third-order valence-corrected chi connectivity index (χ3v) is 7.10. The number of hydrogen-bond acceptors (Lipinski definition) is 6. The maximum atomic E-state index is 13.5. The zero-order chi connectivity index (χ0) is 33.1. The Kier molecular flexibility index (Phi) is 11.7. The average Bonchev–Trinajstić information content (AvgIpc) is 3.52. The van der Waals surface area contributed by atoms with Crippen LogP contribution >= 0.6 is 0 Å². The Morgan fingerprint density at radius 1 is 0.891 bits per heavy atom. The van der Waals surface area contributed by atoms with Crippen LogP contribution < -0.4 is 20.7 Å². The second-order valence-electron chi connectivity index (χ2n) is 12.7. The molecule has 0 bridgehead atoms. The first kappa shape index (κ1) is 33.9. The molecule has 10 nitrogen and oxygen atoms in total. The van der Waals surface area contributed by atoms with Crippen molar-refractivity contribution in [3.05, 3.63) is 114 Å².